The molecule has 0 unspecified atom stereocenters. The fourth-order valence-electron chi connectivity index (χ4n) is 1.83. The highest BCUT2D eigenvalue weighted by Crippen LogP contribution is 2.26. The molecule has 0 radical (unpaired) electrons. The molecule has 4 heteroatoms. The van der Waals surface area contributed by atoms with Crippen molar-refractivity contribution in [2.75, 3.05) is 7.11 Å². The van der Waals surface area contributed by atoms with Crippen LogP contribution in [0.2, 0.25) is 19.6 Å². The third-order valence-electron chi connectivity index (χ3n) is 3.13. The van der Waals surface area contributed by atoms with Crippen molar-refractivity contribution >= 4 is 19.5 Å². The van der Waals surface area contributed by atoms with Crippen LogP contribution in [-0.2, 0) is 0 Å². The zero-order valence-corrected chi connectivity index (χ0v) is 12.5. The first kappa shape index (κ1) is 13.1. The molecule has 1 aliphatic rings. The van der Waals surface area contributed by atoms with E-state index in [1.165, 1.54) is 12.8 Å². The summed E-state index contributed by atoms with van der Waals surface area (Å²) in [5.41, 5.74) is 0.777. The van der Waals surface area contributed by atoms with E-state index < -0.39 is 8.07 Å². The van der Waals surface area contributed by atoms with Crippen molar-refractivity contribution in [2.24, 2.45) is 4.99 Å². The number of aliphatic imine (C=N–C) groups is 1. The molecule has 0 aromatic heterocycles. The summed E-state index contributed by atoms with van der Waals surface area (Å²) in [4.78, 5) is 4.44. The van der Waals surface area contributed by atoms with Gasteiger partial charge in [-0.05, 0) is 30.2 Å². The summed E-state index contributed by atoms with van der Waals surface area (Å²) in [5.74, 6) is 1.17. The number of phenols is 1. The van der Waals surface area contributed by atoms with E-state index in [-0.39, 0.29) is 0 Å². The number of methoxy groups -OCH3 is 1. The average molecular weight is 263 g/mol. The summed E-state index contributed by atoms with van der Waals surface area (Å²) in [6, 6.07) is 4.27. The summed E-state index contributed by atoms with van der Waals surface area (Å²) in [6.45, 7) is 6.63. The number of phenolic OH excluding ortho intramolecular Hbond substituents is 1. The van der Waals surface area contributed by atoms with E-state index in [1.54, 1.807) is 13.3 Å². The van der Waals surface area contributed by atoms with Crippen molar-refractivity contribution in [2.45, 2.75) is 38.5 Å². The van der Waals surface area contributed by atoms with Gasteiger partial charge in [-0.25, -0.2) is 0 Å². The van der Waals surface area contributed by atoms with Gasteiger partial charge in [-0.3, -0.25) is 4.99 Å². The first-order valence-corrected chi connectivity index (χ1v) is 9.86. The van der Waals surface area contributed by atoms with Crippen molar-refractivity contribution in [3.05, 3.63) is 17.7 Å². The fourth-order valence-corrected chi connectivity index (χ4v) is 3.26. The van der Waals surface area contributed by atoms with E-state index in [1.807, 2.05) is 12.1 Å². The van der Waals surface area contributed by atoms with Gasteiger partial charge in [0.25, 0.3) is 0 Å². The van der Waals surface area contributed by atoms with Crippen LogP contribution < -0.4 is 9.92 Å². The van der Waals surface area contributed by atoms with E-state index in [2.05, 4.69) is 24.6 Å². The Hall–Kier alpha value is -1.29. The molecule has 3 nitrogen and oxygen atoms in total. The summed E-state index contributed by atoms with van der Waals surface area (Å²) in [6.07, 6.45) is 4.13. The Labute approximate surface area is 110 Å². The average Bonchev–Trinajstić information content (AvgIpc) is 3.10. The van der Waals surface area contributed by atoms with Gasteiger partial charge < -0.3 is 9.84 Å². The minimum absolute atomic E-state index is 0.374. The quantitative estimate of drug-likeness (QED) is 0.670. The normalized spacial score (nSPS) is 16.2. The molecule has 98 valence electrons. The number of benzene rings is 1. The van der Waals surface area contributed by atoms with Crippen molar-refractivity contribution in [3.63, 3.8) is 0 Å². The molecule has 0 spiro atoms. The first-order valence-electron chi connectivity index (χ1n) is 6.36. The number of aromatic hydroxyl groups is 1. The molecule has 0 atom stereocenters. The number of hydrogen-bond acceptors (Lipinski definition) is 3. The smallest absolute Gasteiger partial charge is 0.123 e. The lowest BCUT2D eigenvalue weighted by Crippen LogP contribution is -2.38. The van der Waals surface area contributed by atoms with Crippen LogP contribution in [-0.4, -0.2) is 32.5 Å². The lowest BCUT2D eigenvalue weighted by molar-refractivity contribution is 0.413. The lowest BCUT2D eigenvalue weighted by Gasteiger charge is -2.20. The fraction of sp³-hybridized carbons (Fsp3) is 0.500. The maximum Gasteiger partial charge on any atom is 0.123 e. The van der Waals surface area contributed by atoms with Crippen LogP contribution in [0.15, 0.2) is 17.1 Å². The number of ether oxygens (including phenoxy) is 1. The number of nitrogens with zero attached hydrogens (tertiary/aromatic N) is 1. The maximum atomic E-state index is 10.4. The first-order chi connectivity index (χ1) is 8.41. The van der Waals surface area contributed by atoms with Crippen LogP contribution >= 0.6 is 0 Å². The molecule has 1 N–H and O–H groups in total. The second-order valence-electron chi connectivity index (χ2n) is 5.87. The SMILES string of the molecule is COc1cc(C=NC2CC2)c(O)c([Si](C)(C)C)c1. The third-order valence-corrected chi connectivity index (χ3v) is 5.13. The van der Waals surface area contributed by atoms with Crippen LogP contribution in [0, 0.1) is 0 Å². The predicted molar refractivity (Wildman–Crippen MR) is 78.3 cm³/mol. The highest BCUT2D eigenvalue weighted by molar-refractivity contribution is 6.89. The molecule has 1 aliphatic carbocycles. The molecule has 1 fully saturated rings. The Morgan fingerprint density at radius 2 is 2.00 bits per heavy atom. The van der Waals surface area contributed by atoms with Crippen LogP contribution in [0.1, 0.15) is 18.4 Å². The van der Waals surface area contributed by atoms with Gasteiger partial charge in [-0.15, -0.1) is 0 Å². The zero-order chi connectivity index (χ0) is 13.3. The van der Waals surface area contributed by atoms with Crippen LogP contribution in [0.3, 0.4) is 0 Å². The second-order valence-corrected chi connectivity index (χ2v) is 10.9. The predicted octanol–water partition coefficient (Wildman–Crippen LogP) is 2.53. The van der Waals surface area contributed by atoms with Gasteiger partial charge in [0.1, 0.15) is 11.5 Å². The minimum Gasteiger partial charge on any atom is -0.507 e. The van der Waals surface area contributed by atoms with Gasteiger partial charge >= 0.3 is 0 Å². The third kappa shape index (κ3) is 2.93. The number of hydrogen-bond donors (Lipinski definition) is 1. The molecule has 1 saturated carbocycles. The van der Waals surface area contributed by atoms with Crippen LogP contribution in [0.4, 0.5) is 0 Å². The van der Waals surface area contributed by atoms with Crippen molar-refractivity contribution < 1.29 is 9.84 Å². The molecule has 18 heavy (non-hydrogen) atoms. The molecule has 1 aromatic rings. The highest BCUT2D eigenvalue weighted by Gasteiger charge is 2.24. The summed E-state index contributed by atoms with van der Waals surface area (Å²) >= 11 is 0. The Morgan fingerprint density at radius 3 is 2.50 bits per heavy atom. The van der Waals surface area contributed by atoms with E-state index in [4.69, 9.17) is 4.74 Å². The zero-order valence-electron chi connectivity index (χ0n) is 11.5. The lowest BCUT2D eigenvalue weighted by atomic mass is 10.2. The highest BCUT2D eigenvalue weighted by atomic mass is 28.3. The van der Waals surface area contributed by atoms with E-state index in [0.717, 1.165) is 16.5 Å². The van der Waals surface area contributed by atoms with Gasteiger partial charge in [0.15, 0.2) is 0 Å². The molecule has 1 aromatic carbocycles. The van der Waals surface area contributed by atoms with Gasteiger partial charge in [-0.1, -0.05) is 19.6 Å². The molecule has 0 saturated heterocycles. The standard InChI is InChI=1S/C14H21NO2Si/c1-17-12-7-10(9-15-11-5-6-11)14(16)13(8-12)18(2,3)4/h7-9,11,16H,5-6H2,1-4H3. The van der Waals surface area contributed by atoms with Gasteiger partial charge in [0.2, 0.25) is 0 Å². The molecule has 2 rings (SSSR count). The Morgan fingerprint density at radius 1 is 1.33 bits per heavy atom. The summed E-state index contributed by atoms with van der Waals surface area (Å²) < 4.78 is 5.32. The van der Waals surface area contributed by atoms with Gasteiger partial charge in [0, 0.05) is 11.8 Å². The molecule has 0 heterocycles. The van der Waals surface area contributed by atoms with Crippen molar-refractivity contribution in [1.82, 2.24) is 0 Å². The largest absolute Gasteiger partial charge is 0.507 e. The summed E-state index contributed by atoms with van der Waals surface area (Å²) in [5, 5.41) is 11.4. The van der Waals surface area contributed by atoms with Crippen LogP contribution in [0.5, 0.6) is 11.5 Å². The monoisotopic (exact) mass is 263 g/mol. The van der Waals surface area contributed by atoms with Gasteiger partial charge in [0.05, 0.1) is 21.2 Å². The van der Waals surface area contributed by atoms with E-state index >= 15 is 0 Å². The topological polar surface area (TPSA) is 41.8 Å². The Bertz CT molecular complexity index is 473. The van der Waals surface area contributed by atoms with Crippen molar-refractivity contribution in [3.8, 4) is 11.5 Å². The number of rotatable bonds is 4. The van der Waals surface area contributed by atoms with E-state index in [9.17, 15) is 5.11 Å². The second kappa shape index (κ2) is 4.76. The summed E-state index contributed by atoms with van der Waals surface area (Å²) in [7, 11) is 0.0658. The maximum absolute atomic E-state index is 10.4. The van der Waals surface area contributed by atoms with Gasteiger partial charge in [-0.2, -0.15) is 0 Å². The Kier molecular flexibility index (Phi) is 3.48. The molecule has 0 bridgehead atoms. The Balaban J connectivity index is 2.43. The molecular weight excluding hydrogens is 242 g/mol. The molecule has 0 amide bonds. The van der Waals surface area contributed by atoms with Crippen LogP contribution in [0.25, 0.3) is 0 Å². The molecular formula is C14H21NO2Si. The van der Waals surface area contributed by atoms with Crippen molar-refractivity contribution in [1.29, 1.82) is 0 Å². The minimum atomic E-state index is -1.59. The van der Waals surface area contributed by atoms with E-state index in [0.29, 0.717) is 11.8 Å². The molecule has 0 aliphatic heterocycles.